The number of nitrogens with two attached hydrogens (primary N) is 2. The Hall–Kier alpha value is -4.07. The van der Waals surface area contributed by atoms with Gasteiger partial charge in [-0.2, -0.15) is 0 Å². The first-order chi connectivity index (χ1) is 25.4. The highest BCUT2D eigenvalue weighted by molar-refractivity contribution is 5.89. The third-order valence-electron chi connectivity index (χ3n) is 9.13. The molecule has 53 heavy (non-hydrogen) atoms. The maximum absolute atomic E-state index is 13.0. The van der Waals surface area contributed by atoms with Crippen LogP contribution in [0, 0.1) is 10.1 Å². The molecule has 0 spiro atoms. The van der Waals surface area contributed by atoms with Crippen molar-refractivity contribution in [2.45, 2.75) is 173 Å². The summed E-state index contributed by atoms with van der Waals surface area (Å²) in [6, 6.07) is 2.53. The fourth-order valence-electron chi connectivity index (χ4n) is 5.80. The van der Waals surface area contributed by atoms with Crippen molar-refractivity contribution in [3.05, 3.63) is 39.9 Å². The van der Waals surface area contributed by atoms with Gasteiger partial charge >= 0.3 is 5.97 Å². The molecule has 0 bridgehead atoms. The van der Waals surface area contributed by atoms with E-state index in [-0.39, 0.29) is 37.5 Å². The number of amides is 4. The Labute approximate surface area is 315 Å². The minimum absolute atomic E-state index is 0.00724. The molecule has 0 aliphatic rings. The van der Waals surface area contributed by atoms with E-state index in [2.05, 4.69) is 22.9 Å². The van der Waals surface area contributed by atoms with Gasteiger partial charge in [0.25, 0.3) is 5.69 Å². The van der Waals surface area contributed by atoms with Gasteiger partial charge in [-0.3, -0.25) is 29.3 Å². The van der Waals surface area contributed by atoms with Crippen LogP contribution in [0.1, 0.15) is 154 Å². The third kappa shape index (κ3) is 24.0. The summed E-state index contributed by atoms with van der Waals surface area (Å²) in [7, 11) is 0. The number of benzene rings is 1. The highest BCUT2D eigenvalue weighted by Gasteiger charge is 2.25. The standard InChI is InChI=1S/C39H66N6O8/c1-3-4-5-6-7-8-9-10-11-12-13-14-15-16-17-21-35(46)42-28-19-18-20-34(39(50)53-29-31-22-24-32(25-23-31)45(51)52)43-36(47)27-26-33(37(41)48)44-38(49)30(2)40/h22-25,30,33-34H,3-21,26-29,40H2,1-2H3,(H2,41,48)(H,42,46)(H,43,47)(H,44,49)/t30-,33+,34-/m0/s1. The number of esters is 1. The normalized spacial score (nSPS) is 12.7. The number of nitrogens with zero attached hydrogens (tertiary/aromatic N) is 1. The molecule has 3 atom stereocenters. The molecule has 0 aliphatic heterocycles. The van der Waals surface area contributed by atoms with Crippen molar-refractivity contribution in [1.29, 1.82) is 0 Å². The van der Waals surface area contributed by atoms with Gasteiger partial charge < -0.3 is 32.2 Å². The van der Waals surface area contributed by atoms with Crippen LogP contribution >= 0.6 is 0 Å². The number of unbranched alkanes of at least 4 members (excludes halogenated alkanes) is 15. The summed E-state index contributed by atoms with van der Waals surface area (Å²) < 4.78 is 5.41. The first kappa shape index (κ1) is 47.0. The van der Waals surface area contributed by atoms with Gasteiger partial charge in [-0.05, 0) is 56.7 Å². The summed E-state index contributed by atoms with van der Waals surface area (Å²) in [5.74, 6) is -2.69. The lowest BCUT2D eigenvalue weighted by Crippen LogP contribution is -2.50. The van der Waals surface area contributed by atoms with Crippen molar-refractivity contribution in [3.8, 4) is 0 Å². The summed E-state index contributed by atoms with van der Waals surface area (Å²) in [5.41, 5.74) is 11.3. The number of nitro benzene ring substituents is 1. The van der Waals surface area contributed by atoms with Crippen LogP contribution in [0.25, 0.3) is 0 Å². The number of carbonyl (C=O) groups excluding carboxylic acids is 5. The van der Waals surface area contributed by atoms with Gasteiger partial charge in [0.15, 0.2) is 0 Å². The fourth-order valence-corrected chi connectivity index (χ4v) is 5.80. The lowest BCUT2D eigenvalue weighted by Gasteiger charge is -2.20. The molecule has 0 heterocycles. The van der Waals surface area contributed by atoms with Gasteiger partial charge in [0.05, 0.1) is 11.0 Å². The van der Waals surface area contributed by atoms with Crippen LogP contribution in [0.15, 0.2) is 24.3 Å². The zero-order valence-electron chi connectivity index (χ0n) is 32.2. The Morgan fingerprint density at radius 1 is 0.717 bits per heavy atom. The van der Waals surface area contributed by atoms with Crippen molar-refractivity contribution in [1.82, 2.24) is 16.0 Å². The average molecular weight is 747 g/mol. The van der Waals surface area contributed by atoms with Gasteiger partial charge in [0, 0.05) is 31.5 Å². The van der Waals surface area contributed by atoms with Crippen LogP contribution in [0.5, 0.6) is 0 Å². The number of non-ortho nitro benzene ring substituents is 1. The summed E-state index contributed by atoms with van der Waals surface area (Å²) in [6.07, 6.45) is 20.4. The molecule has 14 nitrogen and oxygen atoms in total. The molecule has 0 aliphatic carbocycles. The minimum atomic E-state index is -1.12. The van der Waals surface area contributed by atoms with E-state index in [1.54, 1.807) is 0 Å². The summed E-state index contributed by atoms with van der Waals surface area (Å²) in [6.45, 7) is 3.96. The molecule has 0 fully saturated rings. The first-order valence-electron chi connectivity index (χ1n) is 19.8. The highest BCUT2D eigenvalue weighted by atomic mass is 16.6. The van der Waals surface area contributed by atoms with Crippen molar-refractivity contribution < 1.29 is 33.6 Å². The molecule has 0 saturated carbocycles. The smallest absolute Gasteiger partial charge is 0.328 e. The van der Waals surface area contributed by atoms with Gasteiger partial charge in [0.2, 0.25) is 23.6 Å². The van der Waals surface area contributed by atoms with E-state index >= 15 is 0 Å². The van der Waals surface area contributed by atoms with E-state index < -0.39 is 46.7 Å². The van der Waals surface area contributed by atoms with E-state index in [9.17, 15) is 34.1 Å². The Balaban J connectivity index is 2.41. The number of carbonyl (C=O) groups is 5. The molecule has 4 amide bonds. The predicted octanol–water partition coefficient (Wildman–Crippen LogP) is 5.77. The molecule has 1 aromatic carbocycles. The van der Waals surface area contributed by atoms with E-state index in [1.165, 1.54) is 108 Å². The van der Waals surface area contributed by atoms with Gasteiger partial charge in [-0.15, -0.1) is 0 Å². The predicted molar refractivity (Wildman–Crippen MR) is 205 cm³/mol. The van der Waals surface area contributed by atoms with Gasteiger partial charge in [-0.1, -0.05) is 96.8 Å². The number of hydrogen-bond donors (Lipinski definition) is 5. The van der Waals surface area contributed by atoms with Crippen LogP contribution in [0.2, 0.25) is 0 Å². The number of nitrogens with one attached hydrogen (secondary N) is 3. The molecule has 0 radical (unpaired) electrons. The number of rotatable bonds is 32. The van der Waals surface area contributed by atoms with Crippen LogP contribution in [-0.2, 0) is 35.3 Å². The maximum atomic E-state index is 13.0. The topological polar surface area (TPSA) is 226 Å². The molecule has 0 aromatic heterocycles. The van der Waals surface area contributed by atoms with Crippen LogP contribution in [-0.4, -0.2) is 59.2 Å². The quantitative estimate of drug-likeness (QED) is 0.0261. The highest BCUT2D eigenvalue weighted by Crippen LogP contribution is 2.15. The summed E-state index contributed by atoms with van der Waals surface area (Å²) in [4.78, 5) is 72.3. The van der Waals surface area contributed by atoms with Crippen molar-refractivity contribution >= 4 is 35.3 Å². The van der Waals surface area contributed by atoms with E-state index in [0.717, 1.165) is 19.3 Å². The van der Waals surface area contributed by atoms with Gasteiger partial charge in [-0.25, -0.2) is 4.79 Å². The zero-order valence-corrected chi connectivity index (χ0v) is 32.2. The molecule has 1 rings (SSSR count). The largest absolute Gasteiger partial charge is 0.459 e. The number of nitro groups is 1. The second-order valence-corrected chi connectivity index (χ2v) is 14.0. The van der Waals surface area contributed by atoms with Crippen molar-refractivity contribution in [3.63, 3.8) is 0 Å². The Morgan fingerprint density at radius 3 is 1.77 bits per heavy atom. The maximum Gasteiger partial charge on any atom is 0.328 e. The fraction of sp³-hybridized carbons (Fsp3) is 0.718. The molecular formula is C39H66N6O8. The molecule has 300 valence electrons. The van der Waals surface area contributed by atoms with Crippen LogP contribution in [0.4, 0.5) is 5.69 Å². The van der Waals surface area contributed by atoms with Crippen molar-refractivity contribution in [2.75, 3.05) is 6.54 Å². The van der Waals surface area contributed by atoms with E-state index in [4.69, 9.17) is 16.2 Å². The number of primary amides is 1. The van der Waals surface area contributed by atoms with Gasteiger partial charge in [0.1, 0.15) is 18.7 Å². The Bertz CT molecular complexity index is 1230. The molecule has 0 unspecified atom stereocenters. The van der Waals surface area contributed by atoms with Crippen LogP contribution < -0.4 is 27.4 Å². The SMILES string of the molecule is CCCCCCCCCCCCCCCCCC(=O)NCCCC[C@H](NC(=O)CC[C@@H](NC(=O)[C@H](C)N)C(N)=O)C(=O)OCc1ccc([N+](=O)[O-])cc1. The molecule has 0 saturated heterocycles. The molecule has 1 aromatic rings. The molecule has 7 N–H and O–H groups in total. The molecule has 14 heteroatoms. The monoisotopic (exact) mass is 746 g/mol. The average Bonchev–Trinajstić information content (AvgIpc) is 3.13. The van der Waals surface area contributed by atoms with E-state index in [1.807, 2.05) is 0 Å². The minimum Gasteiger partial charge on any atom is -0.459 e. The first-order valence-corrected chi connectivity index (χ1v) is 19.8. The lowest BCUT2D eigenvalue weighted by atomic mass is 10.0. The molecular weight excluding hydrogens is 680 g/mol. The second-order valence-electron chi connectivity index (χ2n) is 14.0. The Morgan fingerprint density at radius 2 is 1.26 bits per heavy atom. The summed E-state index contributed by atoms with van der Waals surface area (Å²) >= 11 is 0. The van der Waals surface area contributed by atoms with Crippen LogP contribution in [0.3, 0.4) is 0 Å². The summed E-state index contributed by atoms with van der Waals surface area (Å²) in [5, 5.41) is 18.9. The zero-order chi connectivity index (χ0) is 39.3. The number of hydrogen-bond acceptors (Lipinski definition) is 9. The number of ether oxygens (including phenoxy) is 1. The van der Waals surface area contributed by atoms with E-state index in [0.29, 0.717) is 31.4 Å². The lowest BCUT2D eigenvalue weighted by molar-refractivity contribution is -0.384. The Kier molecular flexibility index (Phi) is 26.0. The third-order valence-corrected chi connectivity index (χ3v) is 9.13. The second kappa shape index (κ2) is 29.4. The van der Waals surface area contributed by atoms with Crippen molar-refractivity contribution in [2.24, 2.45) is 11.5 Å².